The van der Waals surface area contributed by atoms with Crippen LogP contribution in [0.15, 0.2) is 0 Å². The third-order valence-corrected chi connectivity index (χ3v) is 5.29. The van der Waals surface area contributed by atoms with Gasteiger partial charge in [-0.25, -0.2) is 0 Å². The molecule has 0 radical (unpaired) electrons. The highest BCUT2D eigenvalue weighted by atomic mass is 32.1. The van der Waals surface area contributed by atoms with E-state index in [1.54, 1.807) is 4.90 Å². The summed E-state index contributed by atoms with van der Waals surface area (Å²) < 4.78 is 9.58. The lowest BCUT2D eigenvalue weighted by Gasteiger charge is -2.36. The summed E-state index contributed by atoms with van der Waals surface area (Å²) in [4.78, 5) is 29.6. The van der Waals surface area contributed by atoms with Crippen molar-refractivity contribution in [1.29, 1.82) is 0 Å². The molecule has 1 aromatic heterocycles. The quantitative estimate of drug-likeness (QED) is 0.817. The van der Waals surface area contributed by atoms with Crippen molar-refractivity contribution in [3.8, 4) is 0 Å². The molecule has 2 aliphatic heterocycles. The zero-order chi connectivity index (χ0) is 16.9. The zero-order valence-electron chi connectivity index (χ0n) is 14.1. The van der Waals surface area contributed by atoms with Crippen molar-refractivity contribution < 1.29 is 14.3 Å². The third kappa shape index (κ3) is 3.75. The Morgan fingerprint density at radius 3 is 2.75 bits per heavy atom. The molecule has 132 valence electrons. The van der Waals surface area contributed by atoms with Gasteiger partial charge in [0.1, 0.15) is 4.88 Å². The second-order valence-corrected chi connectivity index (χ2v) is 7.05. The van der Waals surface area contributed by atoms with Crippen molar-refractivity contribution in [2.45, 2.75) is 45.1 Å². The lowest BCUT2D eigenvalue weighted by atomic mass is 10.1. The molecule has 2 saturated heterocycles. The Labute approximate surface area is 146 Å². The van der Waals surface area contributed by atoms with Crippen LogP contribution in [-0.4, -0.2) is 70.1 Å². The first-order chi connectivity index (χ1) is 11.7. The number of likely N-dealkylation sites (tertiary alicyclic amines) is 1. The largest absolute Gasteiger partial charge is 0.365 e. The van der Waals surface area contributed by atoms with Crippen molar-refractivity contribution in [2.24, 2.45) is 0 Å². The monoisotopic (exact) mass is 352 g/mol. The van der Waals surface area contributed by atoms with Gasteiger partial charge >= 0.3 is 0 Å². The molecule has 3 heterocycles. The van der Waals surface area contributed by atoms with E-state index in [9.17, 15) is 9.59 Å². The molecule has 0 unspecified atom stereocenters. The summed E-state index contributed by atoms with van der Waals surface area (Å²) in [6, 6.07) is 0. The summed E-state index contributed by atoms with van der Waals surface area (Å²) in [5, 5.41) is 4.06. The minimum Gasteiger partial charge on any atom is -0.365 e. The maximum Gasteiger partial charge on any atom is 0.267 e. The number of nitrogens with zero attached hydrogens (tertiary/aromatic N) is 4. The normalized spacial score (nSPS) is 21.8. The van der Waals surface area contributed by atoms with Crippen molar-refractivity contribution in [2.75, 3.05) is 32.8 Å². The van der Waals surface area contributed by atoms with Gasteiger partial charge in [-0.3, -0.25) is 9.59 Å². The van der Waals surface area contributed by atoms with Crippen LogP contribution in [0.2, 0.25) is 0 Å². The van der Waals surface area contributed by atoms with Gasteiger partial charge in [0.2, 0.25) is 0 Å². The van der Waals surface area contributed by atoms with Crippen LogP contribution >= 0.6 is 11.5 Å². The Hall–Kier alpha value is -1.54. The Morgan fingerprint density at radius 2 is 2.00 bits per heavy atom. The predicted octanol–water partition coefficient (Wildman–Crippen LogP) is 1.34. The van der Waals surface area contributed by atoms with E-state index in [4.69, 9.17) is 4.74 Å². The minimum absolute atomic E-state index is 0.0170. The van der Waals surface area contributed by atoms with Crippen molar-refractivity contribution in [3.05, 3.63) is 10.6 Å². The van der Waals surface area contributed by atoms with Gasteiger partial charge in [-0.05, 0) is 37.2 Å². The van der Waals surface area contributed by atoms with Gasteiger partial charge in [0.25, 0.3) is 11.8 Å². The molecule has 2 fully saturated rings. The first kappa shape index (κ1) is 17.3. The molecule has 1 aromatic rings. The zero-order valence-corrected chi connectivity index (χ0v) is 14.9. The summed E-state index contributed by atoms with van der Waals surface area (Å²) in [6.45, 7) is 4.86. The average Bonchev–Trinajstić information content (AvgIpc) is 3.10. The second kappa shape index (κ2) is 8.02. The van der Waals surface area contributed by atoms with E-state index in [1.807, 2.05) is 4.90 Å². The molecule has 1 atom stereocenters. The van der Waals surface area contributed by atoms with Gasteiger partial charge in [-0.15, -0.1) is 5.10 Å². The van der Waals surface area contributed by atoms with Gasteiger partial charge in [0, 0.05) is 19.6 Å². The molecule has 2 amide bonds. The Balaban J connectivity index is 1.65. The molecule has 3 rings (SSSR count). The highest BCUT2D eigenvalue weighted by Crippen LogP contribution is 2.19. The number of morpholine rings is 1. The number of piperidine rings is 1. The number of ether oxygens (including phenoxy) is 1. The number of amides is 2. The van der Waals surface area contributed by atoms with E-state index in [-0.39, 0.29) is 11.8 Å². The van der Waals surface area contributed by atoms with Gasteiger partial charge < -0.3 is 14.5 Å². The van der Waals surface area contributed by atoms with Crippen LogP contribution in [-0.2, 0) is 16.0 Å². The molecular formula is C16H24N4O3S. The van der Waals surface area contributed by atoms with E-state index in [2.05, 4.69) is 16.5 Å². The third-order valence-electron chi connectivity index (χ3n) is 4.53. The highest BCUT2D eigenvalue weighted by Gasteiger charge is 2.34. The average molecular weight is 352 g/mol. The van der Waals surface area contributed by atoms with E-state index < -0.39 is 6.10 Å². The van der Waals surface area contributed by atoms with Gasteiger partial charge in [-0.1, -0.05) is 17.8 Å². The maximum absolute atomic E-state index is 12.8. The molecule has 8 heteroatoms. The fourth-order valence-corrected chi connectivity index (χ4v) is 3.89. The van der Waals surface area contributed by atoms with Crippen LogP contribution in [0.5, 0.6) is 0 Å². The van der Waals surface area contributed by atoms with E-state index >= 15 is 0 Å². The van der Waals surface area contributed by atoms with Crippen LogP contribution < -0.4 is 0 Å². The molecule has 0 aromatic carbocycles. The summed E-state index contributed by atoms with van der Waals surface area (Å²) in [7, 11) is 0. The van der Waals surface area contributed by atoms with Gasteiger partial charge in [0.15, 0.2) is 6.10 Å². The standard InChI is InChI=1S/C16H24N4O3S/c1-2-6-12-14(24-18-17-12)16(22)20-9-10-23-13(11-20)15(21)19-7-4-3-5-8-19/h13H,2-11H2,1H3/t13-/m0/s1. The fourth-order valence-electron chi connectivity index (χ4n) is 3.22. The first-order valence-electron chi connectivity index (χ1n) is 8.71. The molecule has 0 N–H and O–H groups in total. The molecule has 0 bridgehead atoms. The lowest BCUT2D eigenvalue weighted by molar-refractivity contribution is -0.149. The van der Waals surface area contributed by atoms with Crippen LogP contribution in [0.1, 0.15) is 48.0 Å². The van der Waals surface area contributed by atoms with Crippen LogP contribution in [0.3, 0.4) is 0 Å². The topological polar surface area (TPSA) is 75.6 Å². The van der Waals surface area contributed by atoms with Gasteiger partial charge in [0.05, 0.1) is 18.8 Å². The minimum atomic E-state index is -0.545. The number of carbonyl (C=O) groups is 2. The summed E-state index contributed by atoms with van der Waals surface area (Å²) in [5.74, 6) is -0.0587. The Kier molecular flexibility index (Phi) is 5.78. The summed E-state index contributed by atoms with van der Waals surface area (Å²) in [6.07, 6.45) is 4.40. The molecule has 0 saturated carbocycles. The number of aryl methyl sites for hydroxylation is 1. The van der Waals surface area contributed by atoms with Crippen LogP contribution in [0, 0.1) is 0 Å². The molecule has 24 heavy (non-hydrogen) atoms. The van der Waals surface area contributed by atoms with E-state index in [0.717, 1.165) is 56.0 Å². The molecular weight excluding hydrogens is 328 g/mol. The SMILES string of the molecule is CCCc1nnsc1C(=O)N1CCO[C@H](C(=O)N2CCCCC2)C1. The number of hydrogen-bond donors (Lipinski definition) is 0. The van der Waals surface area contributed by atoms with Crippen molar-refractivity contribution in [1.82, 2.24) is 19.4 Å². The Morgan fingerprint density at radius 1 is 1.21 bits per heavy atom. The lowest BCUT2D eigenvalue weighted by Crippen LogP contribution is -2.53. The maximum atomic E-state index is 12.8. The van der Waals surface area contributed by atoms with Crippen molar-refractivity contribution >= 4 is 23.3 Å². The molecule has 2 aliphatic rings. The number of carbonyl (C=O) groups excluding carboxylic acids is 2. The number of hydrogen-bond acceptors (Lipinski definition) is 6. The fraction of sp³-hybridized carbons (Fsp3) is 0.750. The van der Waals surface area contributed by atoms with Crippen LogP contribution in [0.4, 0.5) is 0 Å². The van der Waals surface area contributed by atoms with E-state index in [0.29, 0.717) is 24.6 Å². The van der Waals surface area contributed by atoms with Crippen molar-refractivity contribution in [3.63, 3.8) is 0 Å². The second-order valence-electron chi connectivity index (χ2n) is 6.30. The molecule has 7 nitrogen and oxygen atoms in total. The van der Waals surface area contributed by atoms with E-state index in [1.165, 1.54) is 6.42 Å². The number of rotatable bonds is 4. The summed E-state index contributed by atoms with van der Waals surface area (Å²) in [5.41, 5.74) is 0.762. The first-order valence-corrected chi connectivity index (χ1v) is 9.49. The predicted molar refractivity (Wildman–Crippen MR) is 90.0 cm³/mol. The number of aromatic nitrogens is 2. The molecule has 0 spiro atoms. The Bertz CT molecular complexity index is 586. The van der Waals surface area contributed by atoms with Gasteiger partial charge in [-0.2, -0.15) is 0 Å². The summed E-state index contributed by atoms with van der Waals surface area (Å²) >= 11 is 1.14. The van der Waals surface area contributed by atoms with Crippen LogP contribution in [0.25, 0.3) is 0 Å². The highest BCUT2D eigenvalue weighted by molar-refractivity contribution is 7.08. The smallest absolute Gasteiger partial charge is 0.267 e. The molecule has 0 aliphatic carbocycles.